The first-order valence-electron chi connectivity index (χ1n) is 9.66. The molecular weight excluding hydrogens is 412 g/mol. The van der Waals surface area contributed by atoms with Crippen molar-refractivity contribution in [3.05, 3.63) is 95.9 Å². The molecule has 0 aromatic heterocycles. The number of amides is 1. The molecule has 8 heteroatoms. The van der Waals surface area contributed by atoms with Crippen LogP contribution in [-0.4, -0.2) is 32.3 Å². The molecule has 1 amide bonds. The van der Waals surface area contributed by atoms with Gasteiger partial charge in [0.1, 0.15) is 12.3 Å². The predicted octanol–water partition coefficient (Wildman–Crippen LogP) is 3.93. The average Bonchev–Trinajstić information content (AvgIpc) is 3.05. The molecule has 0 spiro atoms. The molecule has 0 saturated heterocycles. The minimum Gasteiger partial charge on any atom is -0.465 e. The van der Waals surface area contributed by atoms with E-state index in [1.807, 2.05) is 30.3 Å². The number of esters is 2. The van der Waals surface area contributed by atoms with E-state index in [4.69, 9.17) is 14.2 Å². The third-order valence-electron chi connectivity index (χ3n) is 4.47. The van der Waals surface area contributed by atoms with Gasteiger partial charge in [0.2, 0.25) is 0 Å². The largest absolute Gasteiger partial charge is 0.465 e. The van der Waals surface area contributed by atoms with E-state index in [0.29, 0.717) is 11.4 Å². The highest BCUT2D eigenvalue weighted by Crippen LogP contribution is 2.28. The van der Waals surface area contributed by atoms with Crippen LogP contribution in [0, 0.1) is 0 Å². The molecule has 3 rings (SSSR count). The van der Waals surface area contributed by atoms with E-state index < -0.39 is 18.0 Å². The number of hydrogen-bond acceptors (Lipinski definition) is 7. The van der Waals surface area contributed by atoms with E-state index in [1.54, 1.807) is 42.6 Å². The fourth-order valence-electron chi connectivity index (χ4n) is 2.98. The van der Waals surface area contributed by atoms with Gasteiger partial charge in [0.25, 0.3) is 0 Å². The Morgan fingerprint density at radius 1 is 0.906 bits per heavy atom. The van der Waals surface area contributed by atoms with Crippen LogP contribution >= 0.6 is 0 Å². The maximum absolute atomic E-state index is 12.5. The van der Waals surface area contributed by atoms with Gasteiger partial charge in [-0.25, -0.2) is 14.4 Å². The monoisotopic (exact) mass is 434 g/mol. The highest BCUT2D eigenvalue weighted by Gasteiger charge is 2.27. The molecule has 2 aromatic rings. The van der Waals surface area contributed by atoms with E-state index >= 15 is 0 Å². The minimum atomic E-state index is -0.720. The van der Waals surface area contributed by atoms with Gasteiger partial charge in [-0.05, 0) is 35.9 Å². The van der Waals surface area contributed by atoms with Crippen molar-refractivity contribution in [3.8, 4) is 0 Å². The number of anilines is 2. The summed E-state index contributed by atoms with van der Waals surface area (Å²) in [6.45, 7) is 0.130. The molecule has 1 aliphatic heterocycles. The topological polar surface area (TPSA) is 94.2 Å². The molecule has 1 N–H and O–H groups in total. The molecule has 0 aliphatic carbocycles. The lowest BCUT2D eigenvalue weighted by Gasteiger charge is -2.23. The van der Waals surface area contributed by atoms with Crippen LogP contribution in [0.3, 0.4) is 0 Å². The maximum Gasteiger partial charge on any atom is 0.411 e. The Bertz CT molecular complexity index is 1090. The first-order valence-corrected chi connectivity index (χ1v) is 9.66. The number of hydrogen-bond donors (Lipinski definition) is 1. The van der Waals surface area contributed by atoms with Gasteiger partial charge in [-0.2, -0.15) is 0 Å². The Kier molecular flexibility index (Phi) is 7.42. The number of rotatable bonds is 6. The summed E-state index contributed by atoms with van der Waals surface area (Å²) in [5.41, 5.74) is 1.82. The van der Waals surface area contributed by atoms with Crippen LogP contribution in [0.5, 0.6) is 0 Å². The Morgan fingerprint density at radius 2 is 1.66 bits per heavy atom. The van der Waals surface area contributed by atoms with Crippen molar-refractivity contribution in [3.63, 3.8) is 0 Å². The van der Waals surface area contributed by atoms with E-state index in [1.165, 1.54) is 25.2 Å². The zero-order valence-corrected chi connectivity index (χ0v) is 17.6. The average molecular weight is 434 g/mol. The third kappa shape index (κ3) is 5.42. The van der Waals surface area contributed by atoms with Crippen molar-refractivity contribution in [2.75, 3.05) is 24.4 Å². The number of carbonyl (C=O) groups excluding carboxylic acids is 3. The molecule has 8 nitrogen and oxygen atoms in total. The van der Waals surface area contributed by atoms with Gasteiger partial charge < -0.3 is 19.1 Å². The summed E-state index contributed by atoms with van der Waals surface area (Å²) in [5, 5.41) is 2.66. The van der Waals surface area contributed by atoms with Gasteiger partial charge in [-0.3, -0.25) is 5.32 Å². The van der Waals surface area contributed by atoms with E-state index in [2.05, 4.69) is 5.32 Å². The van der Waals surface area contributed by atoms with E-state index in [-0.39, 0.29) is 17.9 Å². The molecule has 1 heterocycles. The number of carbonyl (C=O) groups is 3. The highest BCUT2D eigenvalue weighted by molar-refractivity contribution is 6.05. The fraction of sp³-hybridized carbons (Fsp3) is 0.125. The maximum atomic E-state index is 12.5. The fourth-order valence-corrected chi connectivity index (χ4v) is 2.98. The number of benzene rings is 2. The minimum absolute atomic E-state index is 0.0202. The van der Waals surface area contributed by atoms with Crippen LogP contribution < -0.4 is 10.2 Å². The number of nitrogens with zero attached hydrogens (tertiary/aromatic N) is 1. The number of nitrogens with one attached hydrogen (secondary N) is 1. The molecule has 0 unspecified atom stereocenters. The molecule has 2 aromatic carbocycles. The van der Waals surface area contributed by atoms with Gasteiger partial charge in [0.05, 0.1) is 19.8 Å². The van der Waals surface area contributed by atoms with Crippen LogP contribution in [-0.2, 0) is 30.4 Å². The Balaban J connectivity index is 1.84. The zero-order chi connectivity index (χ0) is 22.9. The van der Waals surface area contributed by atoms with Gasteiger partial charge in [0.15, 0.2) is 0 Å². The lowest BCUT2D eigenvalue weighted by molar-refractivity contribution is -0.139. The van der Waals surface area contributed by atoms with Gasteiger partial charge in [-0.1, -0.05) is 42.5 Å². The lowest BCUT2D eigenvalue weighted by atomic mass is 10.1. The second kappa shape index (κ2) is 10.6. The molecule has 0 atom stereocenters. The third-order valence-corrected chi connectivity index (χ3v) is 4.47. The van der Waals surface area contributed by atoms with Gasteiger partial charge in [0, 0.05) is 17.6 Å². The lowest BCUT2D eigenvalue weighted by Crippen LogP contribution is -2.27. The normalized spacial score (nSPS) is 12.8. The first-order chi connectivity index (χ1) is 15.5. The van der Waals surface area contributed by atoms with Crippen molar-refractivity contribution in [2.45, 2.75) is 6.61 Å². The Hall–Kier alpha value is -4.33. The van der Waals surface area contributed by atoms with Crippen molar-refractivity contribution in [2.24, 2.45) is 0 Å². The Labute approximate surface area is 185 Å². The van der Waals surface area contributed by atoms with E-state index in [0.717, 1.165) is 5.56 Å². The molecule has 0 saturated carbocycles. The van der Waals surface area contributed by atoms with Gasteiger partial charge >= 0.3 is 18.0 Å². The molecule has 0 radical (unpaired) electrons. The van der Waals surface area contributed by atoms with Crippen LogP contribution in [0.1, 0.15) is 5.56 Å². The van der Waals surface area contributed by atoms with Crippen LogP contribution in [0.2, 0.25) is 0 Å². The molecule has 1 aliphatic rings. The van der Waals surface area contributed by atoms with Crippen molar-refractivity contribution >= 4 is 29.4 Å². The Morgan fingerprint density at radius 3 is 2.38 bits per heavy atom. The summed E-state index contributed by atoms with van der Waals surface area (Å²) >= 11 is 0. The van der Waals surface area contributed by atoms with Crippen LogP contribution in [0.15, 0.2) is 90.3 Å². The van der Waals surface area contributed by atoms with Gasteiger partial charge in [-0.15, -0.1) is 0 Å². The van der Waals surface area contributed by atoms with Crippen molar-refractivity contribution in [1.82, 2.24) is 0 Å². The quantitative estimate of drug-likeness (QED) is 0.544. The number of methoxy groups -OCH3 is 2. The van der Waals surface area contributed by atoms with Crippen molar-refractivity contribution in [1.29, 1.82) is 0 Å². The number of ether oxygens (including phenoxy) is 3. The molecular formula is C24H22N2O6. The van der Waals surface area contributed by atoms with Crippen LogP contribution in [0.4, 0.5) is 16.2 Å². The summed E-state index contributed by atoms with van der Waals surface area (Å²) in [5.74, 6) is -1.41. The smallest absolute Gasteiger partial charge is 0.411 e. The molecule has 0 fully saturated rings. The van der Waals surface area contributed by atoms with E-state index in [9.17, 15) is 14.4 Å². The first kappa shape index (κ1) is 22.4. The summed E-state index contributed by atoms with van der Waals surface area (Å²) in [6.07, 6.45) is 5.71. The second-order valence-corrected chi connectivity index (χ2v) is 6.55. The number of allylic oxidation sites excluding steroid dienone is 2. The highest BCUT2D eigenvalue weighted by atomic mass is 16.5. The summed E-state index contributed by atoms with van der Waals surface area (Å²) in [6, 6.07) is 16.0. The zero-order valence-electron chi connectivity index (χ0n) is 17.6. The molecule has 32 heavy (non-hydrogen) atoms. The molecule has 164 valence electrons. The summed E-state index contributed by atoms with van der Waals surface area (Å²) < 4.78 is 14.9. The van der Waals surface area contributed by atoms with Crippen LogP contribution in [0.25, 0.3) is 0 Å². The second-order valence-electron chi connectivity index (χ2n) is 6.55. The summed E-state index contributed by atoms with van der Waals surface area (Å²) in [7, 11) is 2.45. The standard InChI is InChI=1S/C24H22N2O6/c1-30-22(27)20-13-6-7-14-26(21(20)23(28)31-2)19-12-8-11-18(15-19)25-24(29)32-16-17-9-4-3-5-10-17/h3-15H,16H2,1-2H3,(H,25,29). The predicted molar refractivity (Wildman–Crippen MR) is 119 cm³/mol. The summed E-state index contributed by atoms with van der Waals surface area (Å²) in [4.78, 5) is 38.5. The molecule has 0 bridgehead atoms. The van der Waals surface area contributed by atoms with Crippen molar-refractivity contribution < 1.29 is 28.6 Å². The SMILES string of the molecule is COC(=O)C1=C(C(=O)OC)N(c2cccc(NC(=O)OCc3ccccc3)c2)C=CC=C1.